The number of aromatic nitrogens is 1. The summed E-state index contributed by atoms with van der Waals surface area (Å²) in [5.74, 6) is 0.377. The average molecular weight is 409 g/mol. The van der Waals surface area contributed by atoms with Gasteiger partial charge >= 0.3 is 0 Å². The van der Waals surface area contributed by atoms with Gasteiger partial charge in [0.25, 0.3) is 0 Å². The van der Waals surface area contributed by atoms with E-state index in [2.05, 4.69) is 20.9 Å². The minimum atomic E-state index is -1.49. The Morgan fingerprint density at radius 1 is 1.22 bits per heavy atom. The molecule has 2 aromatic rings. The molecule has 1 aromatic carbocycles. The van der Waals surface area contributed by atoms with E-state index in [9.17, 15) is 20.4 Å². The van der Waals surface area contributed by atoms with Crippen molar-refractivity contribution in [1.29, 1.82) is 0 Å². The molecule has 5 N–H and O–H groups in total. The Morgan fingerprint density at radius 2 is 1.96 bits per heavy atom. The van der Waals surface area contributed by atoms with E-state index in [4.69, 9.17) is 21.1 Å². The van der Waals surface area contributed by atoms with Crippen molar-refractivity contribution >= 4 is 38.4 Å². The van der Waals surface area contributed by atoms with Gasteiger partial charge < -0.3 is 34.9 Å². The Morgan fingerprint density at radius 3 is 2.65 bits per heavy atom. The van der Waals surface area contributed by atoms with Gasteiger partial charge in [-0.15, -0.1) is 0 Å². The van der Waals surface area contributed by atoms with Gasteiger partial charge in [-0.1, -0.05) is 11.6 Å². The van der Waals surface area contributed by atoms with E-state index in [1.54, 1.807) is 18.3 Å². The molecule has 9 heteroatoms. The maximum Gasteiger partial charge on any atom is 0.229 e. The fraction of sp³-hybridized carbons (Fsp3) is 0.429. The third-order valence-corrected chi connectivity index (χ3v) is 4.97. The molecular weight excluding hydrogens is 394 g/mol. The van der Waals surface area contributed by atoms with Crippen molar-refractivity contribution in [3.63, 3.8) is 0 Å². The second-order valence-corrected chi connectivity index (χ2v) is 6.54. The zero-order valence-electron chi connectivity index (χ0n) is 11.7. The molecule has 0 spiro atoms. The highest BCUT2D eigenvalue weighted by Gasteiger charge is 2.44. The number of halogens is 2. The van der Waals surface area contributed by atoms with E-state index in [1.165, 1.54) is 0 Å². The molecule has 0 saturated carbocycles. The fourth-order valence-corrected chi connectivity index (χ4v) is 2.99. The molecule has 5 atom stereocenters. The van der Waals surface area contributed by atoms with Crippen molar-refractivity contribution in [1.82, 2.24) is 4.98 Å². The summed E-state index contributed by atoms with van der Waals surface area (Å²) in [5.41, 5.74) is 0.720. The number of ether oxygens (including phenoxy) is 2. The monoisotopic (exact) mass is 407 g/mol. The van der Waals surface area contributed by atoms with E-state index < -0.39 is 37.3 Å². The highest BCUT2D eigenvalue weighted by Crippen LogP contribution is 2.34. The third-order valence-electron chi connectivity index (χ3n) is 3.78. The normalized spacial score (nSPS) is 31.5. The second kappa shape index (κ2) is 6.56. The highest BCUT2D eigenvalue weighted by molar-refractivity contribution is 9.10. The maximum absolute atomic E-state index is 10.0. The van der Waals surface area contributed by atoms with Crippen LogP contribution in [0.4, 0.5) is 0 Å². The molecule has 0 bridgehead atoms. The van der Waals surface area contributed by atoms with Crippen molar-refractivity contribution in [2.75, 3.05) is 6.61 Å². The van der Waals surface area contributed by atoms with Crippen LogP contribution in [0, 0.1) is 0 Å². The van der Waals surface area contributed by atoms with Gasteiger partial charge in [0.1, 0.15) is 30.2 Å². The van der Waals surface area contributed by atoms with E-state index in [-0.39, 0.29) is 0 Å². The number of rotatable bonds is 3. The molecular formula is C14H15BrClNO6. The number of hydrogen-bond donors (Lipinski definition) is 5. The van der Waals surface area contributed by atoms with Gasteiger partial charge in [-0.2, -0.15) is 0 Å². The molecule has 0 unspecified atom stereocenters. The van der Waals surface area contributed by atoms with Crippen LogP contribution in [0.2, 0.25) is 5.02 Å². The van der Waals surface area contributed by atoms with E-state index in [1.807, 2.05) is 0 Å². The Kier molecular flexibility index (Phi) is 4.84. The van der Waals surface area contributed by atoms with Gasteiger partial charge in [0, 0.05) is 16.1 Å². The average Bonchev–Trinajstić information content (AvgIpc) is 2.90. The first-order valence-corrected chi connectivity index (χ1v) is 8.02. The molecule has 1 saturated heterocycles. The summed E-state index contributed by atoms with van der Waals surface area (Å²) in [5, 5.41) is 40.0. The van der Waals surface area contributed by atoms with Crippen LogP contribution in [-0.2, 0) is 4.74 Å². The first-order chi connectivity index (χ1) is 10.9. The molecule has 2 heterocycles. The summed E-state index contributed by atoms with van der Waals surface area (Å²) in [7, 11) is 0. The highest BCUT2D eigenvalue weighted by atomic mass is 79.9. The van der Waals surface area contributed by atoms with Crippen LogP contribution in [0.15, 0.2) is 22.8 Å². The van der Waals surface area contributed by atoms with Gasteiger partial charge in [0.15, 0.2) is 0 Å². The van der Waals surface area contributed by atoms with Crippen LogP contribution in [-0.4, -0.2) is 62.7 Å². The van der Waals surface area contributed by atoms with Gasteiger partial charge in [-0.3, -0.25) is 0 Å². The lowest BCUT2D eigenvalue weighted by molar-refractivity contribution is -0.277. The number of benzene rings is 1. The summed E-state index contributed by atoms with van der Waals surface area (Å²) in [4.78, 5) is 2.98. The van der Waals surface area contributed by atoms with Crippen molar-refractivity contribution in [3.05, 3.63) is 27.8 Å². The smallest absolute Gasteiger partial charge is 0.229 e. The second-order valence-electron chi connectivity index (χ2n) is 5.28. The number of aliphatic hydroxyl groups is 4. The predicted molar refractivity (Wildman–Crippen MR) is 85.4 cm³/mol. The van der Waals surface area contributed by atoms with Gasteiger partial charge in [0.2, 0.25) is 6.29 Å². The Bertz CT molecular complexity index is 708. The van der Waals surface area contributed by atoms with Crippen LogP contribution in [0.1, 0.15) is 0 Å². The number of aliphatic hydroxyl groups excluding tert-OH is 4. The summed E-state index contributed by atoms with van der Waals surface area (Å²) < 4.78 is 11.6. The number of nitrogens with one attached hydrogen (secondary N) is 1. The van der Waals surface area contributed by atoms with Crippen LogP contribution >= 0.6 is 27.5 Å². The van der Waals surface area contributed by atoms with E-state index in [0.717, 1.165) is 5.52 Å². The van der Waals surface area contributed by atoms with Crippen molar-refractivity contribution < 1.29 is 29.9 Å². The lowest BCUT2D eigenvalue weighted by Crippen LogP contribution is -2.60. The minimum absolute atomic E-state index is 0.377. The van der Waals surface area contributed by atoms with Gasteiger partial charge in [0.05, 0.1) is 17.1 Å². The minimum Gasteiger partial charge on any atom is -0.460 e. The predicted octanol–water partition coefficient (Wildman–Crippen LogP) is 0.762. The molecule has 1 aliphatic rings. The van der Waals surface area contributed by atoms with Crippen LogP contribution in [0.3, 0.4) is 0 Å². The molecule has 1 aliphatic heterocycles. The van der Waals surface area contributed by atoms with Crippen molar-refractivity contribution in [3.8, 4) is 5.75 Å². The van der Waals surface area contributed by atoms with Crippen LogP contribution in [0.5, 0.6) is 5.75 Å². The lowest BCUT2D eigenvalue weighted by atomic mass is 9.99. The molecule has 0 aliphatic carbocycles. The topological polar surface area (TPSA) is 115 Å². The molecule has 23 heavy (non-hydrogen) atoms. The van der Waals surface area contributed by atoms with E-state index >= 15 is 0 Å². The number of H-pyrrole nitrogens is 1. The largest absolute Gasteiger partial charge is 0.460 e. The summed E-state index contributed by atoms with van der Waals surface area (Å²) in [6.07, 6.45) is -5.07. The first-order valence-electron chi connectivity index (χ1n) is 6.85. The fourth-order valence-electron chi connectivity index (χ4n) is 2.48. The number of aromatic amines is 1. The first kappa shape index (κ1) is 17.0. The number of hydrogen-bond acceptors (Lipinski definition) is 6. The standard InChI is InChI=1S/C14H15BrClNO6/c15-6-1-5-8(2-7(6)16)17-3-9(5)22-14-13(21)12(20)11(19)10(4-18)23-14/h1-3,10-14,17-21H,4H2/t10-,11-,12+,13+,14+/m0/s1. The van der Waals surface area contributed by atoms with Gasteiger partial charge in [-0.05, 0) is 28.1 Å². The maximum atomic E-state index is 10.0. The summed E-state index contributed by atoms with van der Waals surface area (Å²) in [6, 6.07) is 3.45. The SMILES string of the molecule is OC[C@@H]1O[C@@H](Oc2c[nH]c3cc(Cl)c(Br)cc23)[C@H](O)[C@H](O)[C@H]1O. The molecule has 126 valence electrons. The lowest BCUT2D eigenvalue weighted by Gasteiger charge is -2.39. The molecule has 1 aromatic heterocycles. The van der Waals surface area contributed by atoms with Crippen LogP contribution in [0.25, 0.3) is 10.9 Å². The van der Waals surface area contributed by atoms with Crippen molar-refractivity contribution in [2.45, 2.75) is 30.7 Å². The molecule has 1 fully saturated rings. The Hall–Kier alpha value is -0.870. The van der Waals surface area contributed by atoms with E-state index in [0.29, 0.717) is 20.6 Å². The summed E-state index contributed by atoms with van der Waals surface area (Å²) >= 11 is 9.35. The number of fused-ring (bicyclic) bond motifs is 1. The molecule has 3 rings (SSSR count). The quantitative estimate of drug-likeness (QED) is 0.512. The Labute approximate surface area is 144 Å². The molecule has 0 radical (unpaired) electrons. The third kappa shape index (κ3) is 3.08. The Balaban J connectivity index is 1.88. The van der Waals surface area contributed by atoms with Crippen LogP contribution < -0.4 is 4.74 Å². The van der Waals surface area contributed by atoms with Crippen molar-refractivity contribution in [2.24, 2.45) is 0 Å². The zero-order chi connectivity index (χ0) is 16.7. The van der Waals surface area contributed by atoms with Gasteiger partial charge in [-0.25, -0.2) is 0 Å². The zero-order valence-corrected chi connectivity index (χ0v) is 14.0. The molecule has 7 nitrogen and oxygen atoms in total. The molecule has 0 amide bonds. The summed E-state index contributed by atoms with van der Waals surface area (Å²) in [6.45, 7) is -0.514.